The molecule has 5 nitrogen and oxygen atoms in total. The van der Waals surface area contributed by atoms with Crippen LogP contribution in [0.4, 0.5) is 0 Å². The molecule has 0 aromatic heterocycles. The average molecular weight is 335 g/mol. The molecule has 0 aliphatic heterocycles. The first-order valence-electron chi connectivity index (χ1n) is 8.35. The summed E-state index contributed by atoms with van der Waals surface area (Å²) in [6, 6.07) is 9.44. The number of aldehydes is 1. The molecular formula is C19H29NO4. The van der Waals surface area contributed by atoms with Gasteiger partial charge in [0, 0.05) is 19.9 Å². The van der Waals surface area contributed by atoms with Crippen LogP contribution in [0.2, 0.25) is 0 Å². The van der Waals surface area contributed by atoms with Crippen LogP contribution in [0, 0.1) is 11.8 Å². The number of rotatable bonds is 9. The van der Waals surface area contributed by atoms with Gasteiger partial charge in [-0.1, -0.05) is 58.0 Å². The fourth-order valence-corrected chi connectivity index (χ4v) is 1.93. The second kappa shape index (κ2) is 12.4. The van der Waals surface area contributed by atoms with Gasteiger partial charge in [-0.2, -0.15) is 0 Å². The van der Waals surface area contributed by atoms with E-state index >= 15 is 0 Å². The van der Waals surface area contributed by atoms with Gasteiger partial charge in [-0.25, -0.2) is 5.06 Å². The lowest BCUT2D eigenvalue weighted by molar-refractivity contribution is -0.184. The summed E-state index contributed by atoms with van der Waals surface area (Å²) >= 11 is 0. The quantitative estimate of drug-likeness (QED) is 0.394. The zero-order valence-electron chi connectivity index (χ0n) is 15.3. The number of carbonyl (C=O) groups excluding carboxylic acids is 3. The van der Waals surface area contributed by atoms with Gasteiger partial charge < -0.3 is 4.79 Å². The number of ketones is 1. The molecule has 0 aliphatic carbocycles. The van der Waals surface area contributed by atoms with Gasteiger partial charge in [-0.05, 0) is 11.5 Å². The van der Waals surface area contributed by atoms with E-state index in [0.717, 1.165) is 10.6 Å². The van der Waals surface area contributed by atoms with Gasteiger partial charge in [0.15, 0.2) is 0 Å². The molecule has 0 aliphatic rings. The lowest BCUT2D eigenvalue weighted by Gasteiger charge is -2.18. The first-order valence-corrected chi connectivity index (χ1v) is 8.35. The van der Waals surface area contributed by atoms with E-state index < -0.39 is 5.92 Å². The fraction of sp³-hybridized carbons (Fsp3) is 0.526. The van der Waals surface area contributed by atoms with Crippen molar-refractivity contribution in [1.82, 2.24) is 5.06 Å². The van der Waals surface area contributed by atoms with Gasteiger partial charge in [0.2, 0.25) is 5.91 Å². The third kappa shape index (κ3) is 8.58. The van der Waals surface area contributed by atoms with Gasteiger partial charge in [-0.15, -0.1) is 0 Å². The minimum Gasteiger partial charge on any atom is -0.303 e. The summed E-state index contributed by atoms with van der Waals surface area (Å²) in [6.45, 7) is 8.06. The second-order valence-corrected chi connectivity index (χ2v) is 5.66. The van der Waals surface area contributed by atoms with E-state index in [1.54, 1.807) is 0 Å². The molecule has 1 aromatic carbocycles. The van der Waals surface area contributed by atoms with Crippen molar-refractivity contribution in [2.24, 2.45) is 11.8 Å². The summed E-state index contributed by atoms with van der Waals surface area (Å²) in [5, 5.41) is 1.09. The van der Waals surface area contributed by atoms with E-state index in [9.17, 15) is 14.4 Å². The third-order valence-electron chi connectivity index (χ3n) is 3.20. The number of nitrogens with zero attached hydrogens (tertiary/aromatic N) is 1. The summed E-state index contributed by atoms with van der Waals surface area (Å²) < 4.78 is 0. The predicted octanol–water partition coefficient (Wildman–Crippen LogP) is 3.42. The molecule has 1 atom stereocenters. The first-order chi connectivity index (χ1) is 11.4. The zero-order chi connectivity index (χ0) is 18.5. The Bertz CT molecular complexity index is 499. The zero-order valence-corrected chi connectivity index (χ0v) is 15.3. The predicted molar refractivity (Wildman–Crippen MR) is 94.0 cm³/mol. The molecule has 1 unspecified atom stereocenters. The maximum atomic E-state index is 12.0. The highest BCUT2D eigenvalue weighted by Gasteiger charge is 2.24. The molecule has 1 aromatic rings. The lowest BCUT2D eigenvalue weighted by atomic mass is 9.94. The molecule has 1 amide bonds. The van der Waals surface area contributed by atoms with E-state index in [2.05, 4.69) is 0 Å². The third-order valence-corrected chi connectivity index (χ3v) is 3.20. The number of hydrogen-bond acceptors (Lipinski definition) is 4. The maximum Gasteiger partial charge on any atom is 0.247 e. The number of amides is 1. The molecule has 134 valence electrons. The topological polar surface area (TPSA) is 63.7 Å². The van der Waals surface area contributed by atoms with Crippen LogP contribution in [0.3, 0.4) is 0 Å². The normalized spacial score (nSPS) is 11.2. The van der Waals surface area contributed by atoms with Crippen LogP contribution in [0.1, 0.15) is 46.1 Å². The van der Waals surface area contributed by atoms with Crippen molar-refractivity contribution in [3.8, 4) is 0 Å². The second-order valence-electron chi connectivity index (χ2n) is 5.66. The SMILES string of the molecule is CC.CC(C)CC(=O)C(C=O)CC(=O)N(C)OCc1ccccc1. The van der Waals surface area contributed by atoms with Crippen molar-refractivity contribution >= 4 is 18.0 Å². The Morgan fingerprint density at radius 3 is 2.21 bits per heavy atom. The number of Topliss-reactive ketones (excluding diaryl/α,β-unsaturated/α-hetero) is 1. The van der Waals surface area contributed by atoms with E-state index in [4.69, 9.17) is 4.84 Å². The van der Waals surface area contributed by atoms with Crippen LogP contribution in [0.25, 0.3) is 0 Å². The molecule has 0 heterocycles. The van der Waals surface area contributed by atoms with Gasteiger partial charge in [0.05, 0.1) is 5.92 Å². The summed E-state index contributed by atoms with van der Waals surface area (Å²) in [7, 11) is 1.49. The van der Waals surface area contributed by atoms with E-state index in [1.807, 2.05) is 58.0 Å². The summed E-state index contributed by atoms with van der Waals surface area (Å²) in [4.78, 5) is 40.3. The van der Waals surface area contributed by atoms with E-state index in [-0.39, 0.29) is 30.6 Å². The molecule has 0 spiro atoms. The Hall–Kier alpha value is -2.01. The molecule has 0 N–H and O–H groups in total. The Kier molecular flexibility index (Phi) is 11.4. The van der Waals surface area contributed by atoms with Crippen molar-refractivity contribution in [3.63, 3.8) is 0 Å². The summed E-state index contributed by atoms with van der Waals surface area (Å²) in [6.07, 6.45) is 0.694. The van der Waals surface area contributed by atoms with Crippen molar-refractivity contribution in [2.75, 3.05) is 7.05 Å². The van der Waals surface area contributed by atoms with Crippen LogP contribution < -0.4 is 0 Å². The number of benzene rings is 1. The first kappa shape index (κ1) is 22.0. The van der Waals surface area contributed by atoms with Gasteiger partial charge in [0.25, 0.3) is 0 Å². The van der Waals surface area contributed by atoms with Crippen LogP contribution in [-0.4, -0.2) is 30.1 Å². The van der Waals surface area contributed by atoms with Gasteiger partial charge >= 0.3 is 0 Å². The standard InChI is InChI=1S/C17H23NO4.C2H6/c1-13(2)9-16(20)15(11-19)10-17(21)18(3)22-12-14-7-5-4-6-8-14;1-2/h4-8,11,13,15H,9-10,12H2,1-3H3;1-2H3. The molecular weight excluding hydrogens is 306 g/mol. The molecule has 5 heteroatoms. The highest BCUT2D eigenvalue weighted by molar-refractivity contribution is 5.97. The summed E-state index contributed by atoms with van der Waals surface area (Å²) in [5.41, 5.74) is 0.935. The van der Waals surface area contributed by atoms with E-state index in [0.29, 0.717) is 12.7 Å². The molecule has 0 saturated heterocycles. The molecule has 1 rings (SSSR count). The highest BCUT2D eigenvalue weighted by atomic mass is 16.7. The Balaban J connectivity index is 0.00000254. The van der Waals surface area contributed by atoms with Crippen molar-refractivity contribution < 1.29 is 19.2 Å². The minimum absolute atomic E-state index is 0.152. The van der Waals surface area contributed by atoms with Crippen LogP contribution in [0.5, 0.6) is 0 Å². The Morgan fingerprint density at radius 1 is 1.12 bits per heavy atom. The summed E-state index contributed by atoms with van der Waals surface area (Å²) in [5.74, 6) is -1.31. The van der Waals surface area contributed by atoms with E-state index in [1.165, 1.54) is 7.05 Å². The van der Waals surface area contributed by atoms with Crippen molar-refractivity contribution in [1.29, 1.82) is 0 Å². The minimum atomic E-state index is -0.891. The number of carbonyl (C=O) groups is 3. The molecule has 0 fully saturated rings. The van der Waals surface area contributed by atoms with Crippen LogP contribution in [0.15, 0.2) is 30.3 Å². The fourth-order valence-electron chi connectivity index (χ4n) is 1.93. The monoisotopic (exact) mass is 335 g/mol. The molecule has 0 saturated carbocycles. The van der Waals surface area contributed by atoms with Gasteiger partial charge in [0.1, 0.15) is 18.7 Å². The number of hydrogen-bond donors (Lipinski definition) is 0. The van der Waals surface area contributed by atoms with Gasteiger partial charge in [-0.3, -0.25) is 14.4 Å². The number of hydroxylamine groups is 2. The molecule has 0 radical (unpaired) electrons. The van der Waals surface area contributed by atoms with Crippen LogP contribution >= 0.6 is 0 Å². The largest absolute Gasteiger partial charge is 0.303 e. The van der Waals surface area contributed by atoms with Crippen molar-refractivity contribution in [3.05, 3.63) is 35.9 Å². The molecule has 24 heavy (non-hydrogen) atoms. The maximum absolute atomic E-state index is 12.0. The Labute approximate surface area is 144 Å². The highest BCUT2D eigenvalue weighted by Crippen LogP contribution is 2.12. The Morgan fingerprint density at radius 2 is 1.71 bits per heavy atom. The lowest BCUT2D eigenvalue weighted by Crippen LogP contribution is -2.31. The van der Waals surface area contributed by atoms with Crippen LogP contribution in [-0.2, 0) is 25.8 Å². The van der Waals surface area contributed by atoms with Crippen molar-refractivity contribution in [2.45, 2.75) is 47.1 Å². The average Bonchev–Trinajstić information content (AvgIpc) is 2.59. The molecule has 0 bridgehead atoms. The smallest absolute Gasteiger partial charge is 0.247 e.